The van der Waals surface area contributed by atoms with Gasteiger partial charge in [0.15, 0.2) is 5.16 Å². The fourth-order valence-electron chi connectivity index (χ4n) is 2.05. The second kappa shape index (κ2) is 4.97. The molecule has 0 bridgehead atoms. The molecular formula is C10H13N3O4S. The van der Waals surface area contributed by atoms with Gasteiger partial charge in [-0.1, -0.05) is 18.2 Å². The number of hydrogen-bond donors (Lipinski definition) is 2. The summed E-state index contributed by atoms with van der Waals surface area (Å²) < 4.78 is 1.35. The van der Waals surface area contributed by atoms with Gasteiger partial charge in [-0.15, -0.1) is 0 Å². The molecular weight excluding hydrogens is 258 g/mol. The molecule has 0 aromatic carbocycles. The molecule has 98 valence electrons. The highest BCUT2D eigenvalue weighted by atomic mass is 32.2. The number of rotatable bonds is 3. The molecule has 2 atom stereocenters. The van der Waals surface area contributed by atoms with Crippen LogP contribution in [0.25, 0.3) is 0 Å². The minimum absolute atomic E-state index is 0.105. The second-order valence-corrected chi connectivity index (χ2v) is 5.44. The Balaban J connectivity index is 2.24. The SMILES string of the molecule is Cn1[nH]c(=O)c(=O)nc1SC1CCCC1C(=O)O. The Kier molecular flexibility index (Phi) is 3.55. The standard InChI is InChI=1S/C10H13N3O4S/c1-13-10(11-7(14)8(15)12-13)18-6-4-2-3-5(6)9(16)17/h5-6H,2-4H2,1H3,(H,12,15)(H,16,17). The number of aliphatic carboxylic acids is 1. The highest BCUT2D eigenvalue weighted by Gasteiger charge is 2.34. The number of carbonyl (C=O) groups is 1. The van der Waals surface area contributed by atoms with Crippen molar-refractivity contribution in [2.24, 2.45) is 13.0 Å². The Hall–Kier alpha value is -1.57. The van der Waals surface area contributed by atoms with E-state index in [0.29, 0.717) is 11.6 Å². The van der Waals surface area contributed by atoms with Crippen LogP contribution in [-0.4, -0.2) is 31.1 Å². The van der Waals surface area contributed by atoms with Crippen molar-refractivity contribution in [3.63, 3.8) is 0 Å². The first-order chi connectivity index (χ1) is 8.49. The number of carboxylic acid groups (broad SMARTS) is 1. The molecule has 1 fully saturated rings. The van der Waals surface area contributed by atoms with Crippen molar-refractivity contribution in [1.29, 1.82) is 0 Å². The lowest BCUT2D eigenvalue weighted by Gasteiger charge is -2.15. The van der Waals surface area contributed by atoms with Crippen LogP contribution in [0.2, 0.25) is 0 Å². The molecule has 1 aliphatic rings. The molecule has 1 heterocycles. The predicted octanol–water partition coefficient (Wildman–Crippen LogP) is -0.186. The third kappa shape index (κ3) is 2.47. The molecule has 0 spiro atoms. The summed E-state index contributed by atoms with van der Waals surface area (Å²) >= 11 is 1.24. The molecule has 1 saturated carbocycles. The first-order valence-corrected chi connectivity index (χ1v) is 6.44. The van der Waals surface area contributed by atoms with E-state index >= 15 is 0 Å². The van der Waals surface area contributed by atoms with Crippen molar-refractivity contribution in [2.75, 3.05) is 0 Å². The van der Waals surface area contributed by atoms with Gasteiger partial charge in [0.05, 0.1) is 5.92 Å². The number of nitrogens with zero attached hydrogens (tertiary/aromatic N) is 2. The average Bonchev–Trinajstić information content (AvgIpc) is 2.74. The van der Waals surface area contributed by atoms with Gasteiger partial charge in [-0.2, -0.15) is 4.98 Å². The lowest BCUT2D eigenvalue weighted by atomic mass is 10.1. The number of thioether (sulfide) groups is 1. The van der Waals surface area contributed by atoms with Gasteiger partial charge in [-0.25, -0.2) is 0 Å². The highest BCUT2D eigenvalue weighted by Crippen LogP contribution is 2.37. The maximum absolute atomic E-state index is 11.2. The molecule has 2 rings (SSSR count). The minimum Gasteiger partial charge on any atom is -0.481 e. The Morgan fingerprint density at radius 1 is 1.50 bits per heavy atom. The van der Waals surface area contributed by atoms with Crippen LogP contribution in [0.5, 0.6) is 0 Å². The van der Waals surface area contributed by atoms with E-state index < -0.39 is 23.0 Å². The fraction of sp³-hybridized carbons (Fsp3) is 0.600. The van der Waals surface area contributed by atoms with Crippen LogP contribution in [0.3, 0.4) is 0 Å². The molecule has 0 radical (unpaired) electrons. The number of H-pyrrole nitrogens is 1. The number of aryl methyl sites for hydroxylation is 1. The van der Waals surface area contributed by atoms with E-state index in [2.05, 4.69) is 10.1 Å². The van der Waals surface area contributed by atoms with Crippen molar-refractivity contribution in [3.05, 3.63) is 20.7 Å². The second-order valence-electron chi connectivity index (χ2n) is 4.23. The van der Waals surface area contributed by atoms with E-state index in [1.807, 2.05) is 0 Å². The summed E-state index contributed by atoms with van der Waals surface area (Å²) in [6.07, 6.45) is 2.27. The quantitative estimate of drug-likeness (QED) is 0.738. The van der Waals surface area contributed by atoms with Crippen LogP contribution < -0.4 is 11.1 Å². The van der Waals surface area contributed by atoms with Crippen LogP contribution >= 0.6 is 11.8 Å². The van der Waals surface area contributed by atoms with Crippen LogP contribution in [-0.2, 0) is 11.8 Å². The number of hydrogen-bond acceptors (Lipinski definition) is 5. The van der Waals surface area contributed by atoms with Crippen LogP contribution in [0, 0.1) is 5.92 Å². The van der Waals surface area contributed by atoms with E-state index in [9.17, 15) is 14.4 Å². The molecule has 2 unspecified atom stereocenters. The summed E-state index contributed by atoms with van der Waals surface area (Å²) in [6.45, 7) is 0. The van der Waals surface area contributed by atoms with Gasteiger partial charge in [0.2, 0.25) is 0 Å². The molecule has 7 nitrogen and oxygen atoms in total. The normalized spacial score (nSPS) is 23.2. The van der Waals surface area contributed by atoms with Crippen molar-refractivity contribution in [2.45, 2.75) is 29.7 Å². The Morgan fingerprint density at radius 3 is 2.89 bits per heavy atom. The maximum Gasteiger partial charge on any atom is 0.339 e. The van der Waals surface area contributed by atoms with Gasteiger partial charge in [0.1, 0.15) is 0 Å². The van der Waals surface area contributed by atoms with Crippen molar-refractivity contribution in [1.82, 2.24) is 14.8 Å². The van der Waals surface area contributed by atoms with E-state index in [1.54, 1.807) is 7.05 Å². The smallest absolute Gasteiger partial charge is 0.339 e. The minimum atomic E-state index is -0.847. The summed E-state index contributed by atoms with van der Waals surface area (Å²) in [5.74, 6) is -1.24. The molecule has 18 heavy (non-hydrogen) atoms. The predicted molar refractivity (Wildman–Crippen MR) is 64.7 cm³/mol. The zero-order chi connectivity index (χ0) is 13.3. The summed E-state index contributed by atoms with van der Waals surface area (Å²) in [5, 5.41) is 11.7. The number of aromatic amines is 1. The van der Waals surface area contributed by atoms with Crippen LogP contribution in [0.4, 0.5) is 0 Å². The van der Waals surface area contributed by atoms with Gasteiger partial charge in [0.25, 0.3) is 0 Å². The number of carboxylic acids is 1. The third-order valence-electron chi connectivity index (χ3n) is 2.97. The molecule has 1 aromatic rings. The van der Waals surface area contributed by atoms with Crippen molar-refractivity contribution < 1.29 is 9.90 Å². The zero-order valence-electron chi connectivity index (χ0n) is 9.75. The summed E-state index contributed by atoms with van der Waals surface area (Å²) in [5.41, 5.74) is -1.62. The average molecular weight is 271 g/mol. The Morgan fingerprint density at radius 2 is 2.22 bits per heavy atom. The Bertz CT molecular complexity index is 579. The first-order valence-electron chi connectivity index (χ1n) is 5.56. The highest BCUT2D eigenvalue weighted by molar-refractivity contribution is 7.99. The summed E-state index contributed by atoms with van der Waals surface area (Å²) in [4.78, 5) is 36.9. The van der Waals surface area contributed by atoms with Crippen LogP contribution in [0.1, 0.15) is 19.3 Å². The Labute approximate surface area is 106 Å². The first kappa shape index (κ1) is 12.9. The molecule has 2 N–H and O–H groups in total. The van der Waals surface area contributed by atoms with Gasteiger partial charge in [-0.3, -0.25) is 24.2 Å². The largest absolute Gasteiger partial charge is 0.481 e. The lowest BCUT2D eigenvalue weighted by molar-refractivity contribution is -0.141. The molecule has 0 aliphatic heterocycles. The lowest BCUT2D eigenvalue weighted by Crippen LogP contribution is -2.34. The maximum atomic E-state index is 11.2. The summed E-state index contributed by atoms with van der Waals surface area (Å²) in [7, 11) is 1.57. The molecule has 0 saturated heterocycles. The van der Waals surface area contributed by atoms with E-state index in [1.165, 1.54) is 16.4 Å². The van der Waals surface area contributed by atoms with Crippen LogP contribution in [0.15, 0.2) is 14.7 Å². The third-order valence-corrected chi connectivity index (χ3v) is 4.42. The van der Waals surface area contributed by atoms with Gasteiger partial charge in [-0.05, 0) is 12.8 Å². The van der Waals surface area contributed by atoms with E-state index in [4.69, 9.17) is 5.11 Å². The van der Waals surface area contributed by atoms with Crippen molar-refractivity contribution in [3.8, 4) is 0 Å². The monoisotopic (exact) mass is 271 g/mol. The topological polar surface area (TPSA) is 105 Å². The molecule has 1 aliphatic carbocycles. The van der Waals surface area contributed by atoms with E-state index in [0.717, 1.165) is 12.8 Å². The summed E-state index contributed by atoms with van der Waals surface area (Å²) in [6, 6.07) is 0. The van der Waals surface area contributed by atoms with E-state index in [-0.39, 0.29) is 5.25 Å². The molecule has 0 amide bonds. The fourth-order valence-corrected chi connectivity index (χ4v) is 3.36. The number of aromatic nitrogens is 3. The van der Waals surface area contributed by atoms with Gasteiger partial charge in [0, 0.05) is 12.3 Å². The number of nitrogens with one attached hydrogen (secondary N) is 1. The van der Waals surface area contributed by atoms with Gasteiger partial charge >= 0.3 is 17.1 Å². The molecule has 8 heteroatoms. The molecule has 1 aromatic heterocycles. The van der Waals surface area contributed by atoms with Crippen molar-refractivity contribution >= 4 is 17.7 Å². The van der Waals surface area contributed by atoms with Gasteiger partial charge < -0.3 is 5.11 Å². The zero-order valence-corrected chi connectivity index (χ0v) is 10.6.